The fourth-order valence-corrected chi connectivity index (χ4v) is 0.156. The van der Waals surface area contributed by atoms with Crippen molar-refractivity contribution in [3.05, 3.63) is 0 Å². The third-order valence-electron chi connectivity index (χ3n) is 0.123. The van der Waals surface area contributed by atoms with Crippen molar-refractivity contribution in [1.82, 2.24) is 0 Å². The van der Waals surface area contributed by atoms with Crippen molar-refractivity contribution in [1.29, 1.82) is 5.26 Å². The topological polar surface area (TPSA) is 40.9 Å². The first-order valence-corrected chi connectivity index (χ1v) is 5.39. The van der Waals surface area contributed by atoms with Crippen LogP contribution in [0.25, 0.3) is 0 Å². The van der Waals surface area contributed by atoms with Crippen LogP contribution in [0, 0.1) is 11.3 Å². The number of hydrogen-bond acceptors (Lipinski definition) is 2. The van der Waals surface area contributed by atoms with Crippen LogP contribution >= 0.6 is 9.53 Å². The first-order chi connectivity index (χ1) is 3.41. The van der Waals surface area contributed by atoms with Crippen LogP contribution in [0.1, 0.15) is 0 Å². The fraction of sp³-hybridized carbons (Fsp3) is 0.500. The van der Waals surface area contributed by atoms with Crippen molar-refractivity contribution in [2.75, 3.05) is 0 Å². The molecule has 0 rings (SSSR count). The Balaban J connectivity index is -0.0000000750. The number of halogens is 1. The molecular formula is C2H2ClCoMoNOPd. The van der Waals surface area contributed by atoms with Crippen LogP contribution in [-0.2, 0) is 56.9 Å². The van der Waals surface area contributed by atoms with Gasteiger partial charge in [0.1, 0.15) is 0 Å². The molecule has 0 fully saturated rings. The third-order valence-corrected chi connectivity index (χ3v) is 0.730. The molecule has 0 N–H and O–H groups in total. The van der Waals surface area contributed by atoms with Crippen molar-refractivity contribution >= 4 is 9.53 Å². The van der Waals surface area contributed by atoms with Gasteiger partial charge in [-0.15, -0.1) is 0 Å². The molecule has 0 atom stereocenters. The van der Waals surface area contributed by atoms with Gasteiger partial charge in [-0.1, -0.05) is 0 Å². The summed E-state index contributed by atoms with van der Waals surface area (Å²) in [6.07, 6.45) is 0. The minimum atomic E-state index is -1.14. The zero-order valence-electron chi connectivity index (χ0n) is 3.50. The van der Waals surface area contributed by atoms with E-state index >= 15 is 0 Å². The van der Waals surface area contributed by atoms with E-state index in [2.05, 4.69) is 27.7 Å². The van der Waals surface area contributed by atoms with E-state index in [0.717, 1.165) is 0 Å². The Kier molecular flexibility index (Phi) is 48.0. The van der Waals surface area contributed by atoms with Gasteiger partial charge in [-0.05, 0) is 0 Å². The van der Waals surface area contributed by atoms with E-state index < -0.39 is 18.5 Å². The van der Waals surface area contributed by atoms with Crippen molar-refractivity contribution in [2.45, 2.75) is 4.81 Å². The zero-order valence-corrected chi connectivity index (χ0v) is 8.86. The van der Waals surface area contributed by atoms with E-state index in [-0.39, 0.29) is 21.6 Å². The summed E-state index contributed by atoms with van der Waals surface area (Å²) < 4.78 is 9.44. The standard InChI is InChI=1S/C2H2N.ClH.Co.Mo.O.Pd/c1-2-3;;;;;/h1H2;1H;;;;/q;;;;;+1/p-1. The molecule has 0 amide bonds. The summed E-state index contributed by atoms with van der Waals surface area (Å²) >= 11 is 1.08. The molecule has 0 aromatic heterocycles. The molecule has 0 bridgehead atoms. The molecule has 0 saturated heterocycles. The molecule has 1 radical (unpaired) electrons. The number of hydrogen-bond donors (Lipinski definition) is 0. The van der Waals surface area contributed by atoms with E-state index in [4.69, 9.17) is 5.26 Å². The molecule has 0 aliphatic rings. The molecule has 0 aromatic rings. The van der Waals surface area contributed by atoms with Crippen LogP contribution in [0.5, 0.6) is 0 Å². The molecule has 0 unspecified atom stereocenters. The van der Waals surface area contributed by atoms with Crippen LogP contribution in [0.4, 0.5) is 0 Å². The first-order valence-electron chi connectivity index (χ1n) is 1.15. The van der Waals surface area contributed by atoms with E-state index in [1.807, 2.05) is 0 Å². The monoisotopic (exact) mass is 354 g/mol. The summed E-state index contributed by atoms with van der Waals surface area (Å²) in [7, 11) is 4.49. The molecule has 0 spiro atoms. The Hall–Kier alpha value is 1.44. The van der Waals surface area contributed by atoms with E-state index in [1.165, 1.54) is 0 Å². The van der Waals surface area contributed by atoms with Crippen molar-refractivity contribution in [2.24, 2.45) is 0 Å². The molecule has 0 heterocycles. The molecule has 2 nitrogen and oxygen atoms in total. The zero-order chi connectivity index (χ0) is 6.12. The smallest absolute Gasteiger partial charge is 0 e. The second-order valence-corrected chi connectivity index (χ2v) is 1.71. The maximum absolute atomic E-state index is 9.44. The van der Waals surface area contributed by atoms with Gasteiger partial charge in [0.25, 0.3) is 0 Å². The Morgan fingerprint density at radius 2 is 2.12 bits per heavy atom. The van der Waals surface area contributed by atoms with Gasteiger partial charge >= 0.3 is 65.8 Å². The summed E-state index contributed by atoms with van der Waals surface area (Å²) in [6, 6.07) is 1.76. The summed E-state index contributed by atoms with van der Waals surface area (Å²) in [4.78, 5) is 0.269. The van der Waals surface area contributed by atoms with Crippen LogP contribution in [0.3, 0.4) is 0 Å². The van der Waals surface area contributed by atoms with Gasteiger partial charge in [-0.3, -0.25) is 0 Å². The summed E-state index contributed by atoms with van der Waals surface area (Å²) in [5, 5.41) is 7.65. The Morgan fingerprint density at radius 3 is 2.12 bits per heavy atom. The van der Waals surface area contributed by atoms with Crippen LogP contribution in [0.15, 0.2) is 0 Å². The average molecular weight is 353 g/mol. The first kappa shape index (κ1) is 16.2. The molecule has 6 heteroatoms. The van der Waals surface area contributed by atoms with Gasteiger partial charge in [0.15, 0.2) is 0 Å². The van der Waals surface area contributed by atoms with Crippen molar-refractivity contribution in [3.63, 3.8) is 0 Å². The number of rotatable bonds is 1. The number of nitrogens with zero attached hydrogens (tertiary/aromatic N) is 1. The minimum Gasteiger partial charge on any atom is 0 e. The average Bonchev–Trinajstić information content (AvgIpc) is 1.75. The quantitative estimate of drug-likeness (QED) is 0.662. The fourth-order valence-electron chi connectivity index (χ4n) is 0.0264. The second kappa shape index (κ2) is 23.7. The van der Waals surface area contributed by atoms with Gasteiger partial charge in [-0.2, -0.15) is 0 Å². The molecule has 8 heavy (non-hydrogen) atoms. The van der Waals surface area contributed by atoms with Crippen molar-refractivity contribution < 1.29 is 56.9 Å². The molecule has 53 valence electrons. The summed E-state index contributed by atoms with van der Waals surface area (Å²) in [5.74, 6) is 0. The van der Waals surface area contributed by atoms with Gasteiger partial charge in [0, 0.05) is 16.8 Å². The van der Waals surface area contributed by atoms with Crippen LogP contribution in [0.2, 0.25) is 4.81 Å². The van der Waals surface area contributed by atoms with Gasteiger partial charge in [-0.25, -0.2) is 0 Å². The van der Waals surface area contributed by atoms with Gasteiger partial charge in [0.05, 0.1) is 0 Å². The van der Waals surface area contributed by atoms with Crippen LogP contribution in [-0.4, -0.2) is 0 Å². The Bertz CT molecular complexity index is 76.9. The van der Waals surface area contributed by atoms with Gasteiger partial charge in [0.2, 0.25) is 0 Å². The summed E-state index contributed by atoms with van der Waals surface area (Å²) in [5.41, 5.74) is 0. The number of nitriles is 1. The molecule has 0 aliphatic heterocycles. The largest absolute Gasteiger partial charge is 0 e. The van der Waals surface area contributed by atoms with E-state index in [1.54, 1.807) is 6.07 Å². The minimum absolute atomic E-state index is 0. The SMILES string of the molecule is N#C[CH2][Mo]=[O].[Cl][Pd].[Co]. The van der Waals surface area contributed by atoms with Crippen molar-refractivity contribution in [3.8, 4) is 6.07 Å². The normalized spacial score (nSPS) is 4.25. The van der Waals surface area contributed by atoms with E-state index in [9.17, 15) is 3.40 Å². The van der Waals surface area contributed by atoms with Crippen LogP contribution < -0.4 is 0 Å². The third kappa shape index (κ3) is 26.1. The maximum atomic E-state index is 9.44. The second-order valence-electron chi connectivity index (χ2n) is 0.420. The Morgan fingerprint density at radius 1 is 1.75 bits per heavy atom. The van der Waals surface area contributed by atoms with Gasteiger partial charge < -0.3 is 0 Å². The predicted octanol–water partition coefficient (Wildman–Crippen LogP) is 1.04. The molecular weight excluding hydrogens is 351 g/mol. The molecule has 0 aromatic carbocycles. The summed E-state index contributed by atoms with van der Waals surface area (Å²) in [6.45, 7) is 0. The van der Waals surface area contributed by atoms with E-state index in [0.29, 0.717) is 0 Å². The Labute approximate surface area is 81.8 Å². The molecule has 0 saturated carbocycles. The predicted molar refractivity (Wildman–Crippen MR) is 17.0 cm³/mol. The maximum Gasteiger partial charge on any atom is 0 e. The molecule has 0 aliphatic carbocycles.